The van der Waals surface area contributed by atoms with Crippen LogP contribution >= 0.6 is 0 Å². The van der Waals surface area contributed by atoms with Gasteiger partial charge in [-0.2, -0.15) is 0 Å². The summed E-state index contributed by atoms with van der Waals surface area (Å²) in [4.78, 5) is 12.2. The smallest absolute Gasteiger partial charge is 0.257 e. The maximum absolute atomic E-state index is 12.2. The molecule has 20 heavy (non-hydrogen) atoms. The number of hydrogen-bond acceptors (Lipinski definition) is 4. The normalized spacial score (nSPS) is 9.85. The minimum absolute atomic E-state index is 0.211. The van der Waals surface area contributed by atoms with E-state index in [2.05, 4.69) is 10.6 Å². The average Bonchev–Trinajstić information content (AvgIpc) is 2.47. The Morgan fingerprint density at radius 2 is 2.00 bits per heavy atom. The fourth-order valence-electron chi connectivity index (χ4n) is 1.88. The molecular formula is C15H16N4O. The third kappa shape index (κ3) is 2.77. The van der Waals surface area contributed by atoms with Crippen molar-refractivity contribution in [3.8, 4) is 0 Å². The molecule has 0 saturated carbocycles. The zero-order chi connectivity index (χ0) is 14.5. The molecule has 1 amide bonds. The van der Waals surface area contributed by atoms with Crippen molar-refractivity contribution >= 4 is 29.2 Å². The van der Waals surface area contributed by atoms with E-state index < -0.39 is 0 Å². The lowest BCUT2D eigenvalue weighted by Gasteiger charge is -2.10. The number of para-hydroxylation sites is 1. The van der Waals surface area contributed by atoms with E-state index in [1.54, 1.807) is 31.3 Å². The van der Waals surface area contributed by atoms with Crippen molar-refractivity contribution < 1.29 is 4.79 Å². The lowest BCUT2D eigenvalue weighted by Crippen LogP contribution is -2.14. The largest absolute Gasteiger partial charge is 0.398 e. The van der Waals surface area contributed by atoms with Crippen LogP contribution in [0, 0.1) is 5.41 Å². The van der Waals surface area contributed by atoms with Crippen LogP contribution in [0.25, 0.3) is 0 Å². The number of benzene rings is 2. The molecular weight excluding hydrogens is 252 g/mol. The third-order valence-corrected chi connectivity index (χ3v) is 2.94. The van der Waals surface area contributed by atoms with Crippen LogP contribution in [0.5, 0.6) is 0 Å². The van der Waals surface area contributed by atoms with Gasteiger partial charge < -0.3 is 21.8 Å². The zero-order valence-corrected chi connectivity index (χ0v) is 11.1. The number of amides is 1. The molecule has 2 rings (SSSR count). The first-order valence-electron chi connectivity index (χ1n) is 6.14. The molecule has 2 aromatic rings. The maximum Gasteiger partial charge on any atom is 0.257 e. The number of anilines is 3. The summed E-state index contributed by atoms with van der Waals surface area (Å²) in [7, 11) is 1.77. The molecule has 5 nitrogen and oxygen atoms in total. The molecule has 0 spiro atoms. The molecule has 0 bridgehead atoms. The van der Waals surface area contributed by atoms with Crippen molar-refractivity contribution in [2.45, 2.75) is 0 Å². The quantitative estimate of drug-likeness (QED) is 0.507. The highest BCUT2D eigenvalue weighted by molar-refractivity contribution is 6.08. The second kappa shape index (κ2) is 5.88. The first kappa shape index (κ1) is 13.6. The Morgan fingerprint density at radius 1 is 1.25 bits per heavy atom. The first-order chi connectivity index (χ1) is 9.65. The van der Waals surface area contributed by atoms with Gasteiger partial charge in [0.15, 0.2) is 0 Å². The number of rotatable bonds is 4. The number of nitrogens with two attached hydrogens (primary N) is 1. The summed E-state index contributed by atoms with van der Waals surface area (Å²) in [6.07, 6.45) is 1.18. The summed E-state index contributed by atoms with van der Waals surface area (Å²) in [5, 5.41) is 13.0. The van der Waals surface area contributed by atoms with Gasteiger partial charge in [0.25, 0.3) is 5.91 Å². The Kier molecular flexibility index (Phi) is 4.00. The van der Waals surface area contributed by atoms with Crippen LogP contribution in [0.3, 0.4) is 0 Å². The number of nitrogens with one attached hydrogen (secondary N) is 3. The van der Waals surface area contributed by atoms with E-state index >= 15 is 0 Å². The Bertz CT molecular complexity index is 652. The molecule has 5 N–H and O–H groups in total. The van der Waals surface area contributed by atoms with Gasteiger partial charge >= 0.3 is 0 Å². The van der Waals surface area contributed by atoms with Gasteiger partial charge in [-0.3, -0.25) is 4.79 Å². The molecule has 0 aliphatic rings. The van der Waals surface area contributed by atoms with Crippen molar-refractivity contribution in [1.29, 1.82) is 5.41 Å². The van der Waals surface area contributed by atoms with Crippen molar-refractivity contribution in [3.63, 3.8) is 0 Å². The lowest BCUT2D eigenvalue weighted by atomic mass is 10.1. The number of carbonyl (C=O) groups is 1. The van der Waals surface area contributed by atoms with Crippen LogP contribution in [-0.4, -0.2) is 19.2 Å². The zero-order valence-electron chi connectivity index (χ0n) is 11.1. The van der Waals surface area contributed by atoms with Gasteiger partial charge in [-0.05, 0) is 30.3 Å². The molecule has 0 aliphatic carbocycles. The van der Waals surface area contributed by atoms with Gasteiger partial charge in [0.05, 0.1) is 5.56 Å². The predicted octanol–water partition coefficient (Wildman–Crippen LogP) is 2.56. The van der Waals surface area contributed by atoms with Crippen LogP contribution < -0.4 is 16.4 Å². The highest BCUT2D eigenvalue weighted by Crippen LogP contribution is 2.19. The second-order valence-corrected chi connectivity index (χ2v) is 4.24. The van der Waals surface area contributed by atoms with Crippen molar-refractivity contribution in [1.82, 2.24) is 0 Å². The summed E-state index contributed by atoms with van der Waals surface area (Å²) >= 11 is 0. The van der Waals surface area contributed by atoms with E-state index in [4.69, 9.17) is 11.1 Å². The van der Waals surface area contributed by atoms with Gasteiger partial charge in [-0.25, -0.2) is 0 Å². The van der Waals surface area contributed by atoms with Gasteiger partial charge in [-0.1, -0.05) is 12.1 Å². The van der Waals surface area contributed by atoms with Crippen LogP contribution in [0.1, 0.15) is 15.9 Å². The first-order valence-corrected chi connectivity index (χ1v) is 6.14. The molecule has 0 fully saturated rings. The number of nitrogen functional groups attached to an aromatic ring is 1. The fourth-order valence-corrected chi connectivity index (χ4v) is 1.88. The van der Waals surface area contributed by atoms with Gasteiger partial charge in [0, 0.05) is 35.9 Å². The third-order valence-electron chi connectivity index (χ3n) is 2.94. The van der Waals surface area contributed by atoms with Crippen LogP contribution in [0.4, 0.5) is 17.1 Å². The Hall–Kier alpha value is -2.82. The topological polar surface area (TPSA) is 91.0 Å². The van der Waals surface area contributed by atoms with Gasteiger partial charge in [-0.15, -0.1) is 0 Å². The molecule has 0 aliphatic heterocycles. The molecule has 0 unspecified atom stereocenters. The van der Waals surface area contributed by atoms with E-state index in [-0.39, 0.29) is 5.91 Å². The van der Waals surface area contributed by atoms with Gasteiger partial charge in [0.2, 0.25) is 0 Å². The van der Waals surface area contributed by atoms with E-state index in [1.807, 2.05) is 18.2 Å². The molecule has 5 heteroatoms. The van der Waals surface area contributed by atoms with Gasteiger partial charge in [0.1, 0.15) is 0 Å². The van der Waals surface area contributed by atoms with Crippen LogP contribution in [0.2, 0.25) is 0 Å². The van der Waals surface area contributed by atoms with E-state index in [0.717, 1.165) is 5.69 Å². The lowest BCUT2D eigenvalue weighted by molar-refractivity contribution is 0.102. The monoisotopic (exact) mass is 268 g/mol. The Morgan fingerprint density at radius 3 is 2.65 bits per heavy atom. The van der Waals surface area contributed by atoms with Crippen molar-refractivity contribution in [2.24, 2.45) is 0 Å². The second-order valence-electron chi connectivity index (χ2n) is 4.24. The summed E-state index contributed by atoms with van der Waals surface area (Å²) in [5.74, 6) is -0.211. The summed E-state index contributed by atoms with van der Waals surface area (Å²) < 4.78 is 0. The van der Waals surface area contributed by atoms with E-state index in [0.29, 0.717) is 22.5 Å². The maximum atomic E-state index is 12.2. The molecule has 0 aromatic heterocycles. The molecule has 0 heterocycles. The average molecular weight is 268 g/mol. The molecule has 0 radical (unpaired) electrons. The fraction of sp³-hybridized carbons (Fsp3) is 0.0667. The van der Waals surface area contributed by atoms with E-state index in [9.17, 15) is 4.79 Å². The Balaban J connectivity index is 2.23. The highest BCUT2D eigenvalue weighted by Gasteiger charge is 2.10. The molecule has 0 atom stereocenters. The molecule has 2 aromatic carbocycles. The van der Waals surface area contributed by atoms with Crippen molar-refractivity contribution in [2.75, 3.05) is 23.4 Å². The van der Waals surface area contributed by atoms with Crippen LogP contribution in [-0.2, 0) is 0 Å². The number of hydrogen-bond donors (Lipinski definition) is 4. The molecule has 102 valence electrons. The predicted molar refractivity (Wildman–Crippen MR) is 82.7 cm³/mol. The molecule has 0 saturated heterocycles. The standard InChI is InChI=1S/C15H16N4O/c1-18-14-5-3-2-4-12(14)15(20)19-11-7-6-10(9-16)13(17)8-11/h2-9,16,18H,17H2,1H3,(H,19,20). The van der Waals surface area contributed by atoms with Crippen molar-refractivity contribution in [3.05, 3.63) is 53.6 Å². The Labute approximate surface area is 117 Å². The number of carbonyl (C=O) groups excluding carboxylic acids is 1. The summed E-state index contributed by atoms with van der Waals surface area (Å²) in [5.41, 5.74) is 8.79. The van der Waals surface area contributed by atoms with Crippen LogP contribution in [0.15, 0.2) is 42.5 Å². The highest BCUT2D eigenvalue weighted by atomic mass is 16.1. The summed E-state index contributed by atoms with van der Waals surface area (Å²) in [6.45, 7) is 0. The SMILES string of the molecule is CNc1ccccc1C(=O)Nc1ccc(C=N)c(N)c1. The summed E-state index contributed by atoms with van der Waals surface area (Å²) in [6, 6.07) is 12.3. The minimum atomic E-state index is -0.211. The minimum Gasteiger partial charge on any atom is -0.398 e. The van der Waals surface area contributed by atoms with E-state index in [1.165, 1.54) is 6.21 Å².